The van der Waals surface area contributed by atoms with Crippen molar-refractivity contribution in [2.24, 2.45) is 11.7 Å². The summed E-state index contributed by atoms with van der Waals surface area (Å²) in [5.41, 5.74) is 5.35. The zero-order chi connectivity index (χ0) is 17.1. The van der Waals surface area contributed by atoms with Gasteiger partial charge >= 0.3 is 5.76 Å². The van der Waals surface area contributed by atoms with E-state index in [1.807, 2.05) is 0 Å². The van der Waals surface area contributed by atoms with Crippen molar-refractivity contribution in [2.45, 2.75) is 56.2 Å². The Hall–Kier alpha value is -0.510. The van der Waals surface area contributed by atoms with Crippen molar-refractivity contribution in [3.05, 3.63) is 0 Å². The summed E-state index contributed by atoms with van der Waals surface area (Å²) in [6.45, 7) is 0.558. The first kappa shape index (κ1) is 21.5. The minimum Gasteiger partial charge on any atom is -0.354 e. The van der Waals surface area contributed by atoms with Gasteiger partial charge < -0.3 is 11.1 Å². The quantitative estimate of drug-likeness (QED) is 0.744. The number of hydrogen-bond acceptors (Lipinski definition) is 4. The largest absolute Gasteiger partial charge is 0.354 e. The smallest absolute Gasteiger partial charge is 0.350 e. The van der Waals surface area contributed by atoms with E-state index in [1.54, 1.807) is 0 Å². The molecular formula is C14H26ClF2N3O3S. The lowest BCUT2D eigenvalue weighted by Gasteiger charge is -2.34. The molecule has 0 spiro atoms. The molecule has 0 radical (unpaired) electrons. The highest BCUT2D eigenvalue weighted by Gasteiger charge is 2.37. The Labute approximate surface area is 148 Å². The van der Waals surface area contributed by atoms with Gasteiger partial charge in [0, 0.05) is 19.6 Å². The predicted octanol–water partition coefficient (Wildman–Crippen LogP) is 1.45. The van der Waals surface area contributed by atoms with Crippen LogP contribution in [0.4, 0.5) is 8.78 Å². The molecule has 1 saturated heterocycles. The summed E-state index contributed by atoms with van der Waals surface area (Å²) in [6, 6.07) is 0. The van der Waals surface area contributed by atoms with Gasteiger partial charge in [0.1, 0.15) is 0 Å². The molecule has 0 bridgehead atoms. The molecule has 2 fully saturated rings. The van der Waals surface area contributed by atoms with Crippen LogP contribution in [0.1, 0.15) is 44.9 Å². The van der Waals surface area contributed by atoms with Crippen molar-refractivity contribution in [3.63, 3.8) is 0 Å². The molecule has 2 aliphatic rings. The van der Waals surface area contributed by atoms with Gasteiger partial charge in [-0.05, 0) is 31.6 Å². The number of rotatable bonds is 5. The molecule has 3 N–H and O–H groups in total. The van der Waals surface area contributed by atoms with Crippen molar-refractivity contribution in [2.75, 3.05) is 19.6 Å². The van der Waals surface area contributed by atoms with E-state index >= 15 is 0 Å². The van der Waals surface area contributed by atoms with Crippen molar-refractivity contribution in [1.82, 2.24) is 9.62 Å². The van der Waals surface area contributed by atoms with E-state index in [2.05, 4.69) is 5.32 Å². The van der Waals surface area contributed by atoms with E-state index in [0.29, 0.717) is 32.2 Å². The average Bonchev–Trinajstić information content (AvgIpc) is 2.53. The highest BCUT2D eigenvalue weighted by atomic mass is 35.5. The zero-order valence-electron chi connectivity index (χ0n) is 13.5. The maximum absolute atomic E-state index is 12.5. The molecule has 0 unspecified atom stereocenters. The zero-order valence-corrected chi connectivity index (χ0v) is 15.2. The maximum Gasteiger partial charge on any atom is 0.350 e. The Balaban J connectivity index is 0.00000288. The van der Waals surface area contributed by atoms with Gasteiger partial charge in [-0.25, -0.2) is 8.42 Å². The number of nitrogens with two attached hydrogens (primary N) is 1. The maximum atomic E-state index is 12.5. The third kappa shape index (κ3) is 5.00. The summed E-state index contributed by atoms with van der Waals surface area (Å²) in [7, 11) is -4.49. The molecule has 10 heteroatoms. The number of halogens is 3. The van der Waals surface area contributed by atoms with Gasteiger partial charge in [-0.2, -0.15) is 13.1 Å². The van der Waals surface area contributed by atoms with Crippen LogP contribution in [0, 0.1) is 5.92 Å². The fraction of sp³-hybridized carbons (Fsp3) is 0.929. The van der Waals surface area contributed by atoms with Crippen LogP contribution in [0.25, 0.3) is 0 Å². The van der Waals surface area contributed by atoms with Crippen LogP contribution in [-0.4, -0.2) is 49.6 Å². The van der Waals surface area contributed by atoms with E-state index < -0.39 is 21.3 Å². The van der Waals surface area contributed by atoms with Crippen molar-refractivity contribution in [3.8, 4) is 0 Å². The molecule has 1 amide bonds. The number of piperidine rings is 1. The van der Waals surface area contributed by atoms with Gasteiger partial charge in [0.15, 0.2) is 0 Å². The molecule has 0 aromatic carbocycles. The Kier molecular flexibility index (Phi) is 7.83. The Morgan fingerprint density at radius 3 is 2.25 bits per heavy atom. The van der Waals surface area contributed by atoms with Crippen molar-refractivity contribution >= 4 is 28.3 Å². The first-order chi connectivity index (χ1) is 10.8. The normalized spacial score (nSPS) is 22.8. The Bertz CT molecular complexity index is 519. The molecule has 0 atom stereocenters. The molecule has 142 valence electrons. The van der Waals surface area contributed by atoms with Gasteiger partial charge in [0.05, 0.1) is 5.54 Å². The lowest BCUT2D eigenvalue weighted by Crippen LogP contribution is -2.56. The van der Waals surface area contributed by atoms with Crippen LogP contribution in [0.5, 0.6) is 0 Å². The number of nitrogens with zero attached hydrogens (tertiary/aromatic N) is 1. The number of amides is 1. The molecule has 1 aliphatic heterocycles. The number of hydrogen-bond donors (Lipinski definition) is 2. The van der Waals surface area contributed by atoms with Crippen LogP contribution >= 0.6 is 12.4 Å². The number of alkyl halides is 2. The molecule has 1 saturated carbocycles. The highest BCUT2D eigenvalue weighted by molar-refractivity contribution is 7.89. The molecule has 6 nitrogen and oxygen atoms in total. The van der Waals surface area contributed by atoms with Crippen LogP contribution < -0.4 is 11.1 Å². The van der Waals surface area contributed by atoms with Crippen molar-refractivity contribution in [1.29, 1.82) is 0 Å². The second-order valence-corrected chi connectivity index (χ2v) is 8.48. The van der Waals surface area contributed by atoms with E-state index in [0.717, 1.165) is 23.6 Å². The van der Waals surface area contributed by atoms with Crippen LogP contribution in [0.3, 0.4) is 0 Å². The summed E-state index contributed by atoms with van der Waals surface area (Å²) in [5, 5.41) is 2.86. The minimum atomic E-state index is -4.49. The van der Waals surface area contributed by atoms with Gasteiger partial charge in [-0.3, -0.25) is 4.79 Å². The summed E-state index contributed by atoms with van der Waals surface area (Å²) in [4.78, 5) is 12.2. The van der Waals surface area contributed by atoms with Gasteiger partial charge in [0.2, 0.25) is 5.91 Å². The number of sulfonamides is 1. The van der Waals surface area contributed by atoms with Crippen LogP contribution in [0.15, 0.2) is 0 Å². The van der Waals surface area contributed by atoms with Gasteiger partial charge in [-0.15, -0.1) is 12.4 Å². The first-order valence-electron chi connectivity index (χ1n) is 8.10. The highest BCUT2D eigenvalue weighted by Crippen LogP contribution is 2.26. The third-order valence-electron chi connectivity index (χ3n) is 4.91. The number of nitrogens with one attached hydrogen (secondary N) is 1. The fourth-order valence-electron chi connectivity index (χ4n) is 3.30. The van der Waals surface area contributed by atoms with E-state index in [9.17, 15) is 22.0 Å². The second kappa shape index (κ2) is 8.73. The first-order valence-corrected chi connectivity index (χ1v) is 9.60. The van der Waals surface area contributed by atoms with Gasteiger partial charge in [0.25, 0.3) is 10.0 Å². The predicted molar refractivity (Wildman–Crippen MR) is 89.5 cm³/mol. The number of carbonyl (C=O) groups is 1. The second-order valence-electron chi connectivity index (χ2n) is 6.57. The monoisotopic (exact) mass is 389 g/mol. The summed E-state index contributed by atoms with van der Waals surface area (Å²) in [6.07, 6.45) is 5.30. The number of carbonyl (C=O) groups excluding carboxylic acids is 1. The molecule has 1 heterocycles. The lowest BCUT2D eigenvalue weighted by atomic mass is 9.82. The van der Waals surface area contributed by atoms with Crippen LogP contribution in [0.2, 0.25) is 0 Å². The SMILES string of the molecule is Cl.NC1(C(=O)NCC2CCN(S(=O)(=O)C(F)F)CC2)CCCCC1. The molecule has 2 rings (SSSR count). The Morgan fingerprint density at radius 1 is 1.21 bits per heavy atom. The van der Waals surface area contributed by atoms with Crippen molar-refractivity contribution < 1.29 is 22.0 Å². The molecular weight excluding hydrogens is 364 g/mol. The fourth-order valence-corrected chi connectivity index (χ4v) is 4.25. The van der Waals surface area contributed by atoms with E-state index in [-0.39, 0.29) is 37.3 Å². The summed E-state index contributed by atoms with van der Waals surface area (Å²) >= 11 is 0. The Morgan fingerprint density at radius 2 is 1.75 bits per heavy atom. The van der Waals surface area contributed by atoms with E-state index in [1.165, 1.54) is 0 Å². The topological polar surface area (TPSA) is 92.5 Å². The average molecular weight is 390 g/mol. The standard InChI is InChI=1S/C14H25F2N3O3S.ClH/c15-13(16)23(21,22)19-8-4-11(5-9-19)10-18-12(20)14(17)6-2-1-3-7-14;/h11,13H,1-10,17H2,(H,18,20);1H. The molecule has 0 aromatic rings. The summed E-state index contributed by atoms with van der Waals surface area (Å²) < 4.78 is 48.6. The lowest BCUT2D eigenvalue weighted by molar-refractivity contribution is -0.127. The van der Waals surface area contributed by atoms with Gasteiger partial charge in [-0.1, -0.05) is 19.3 Å². The molecule has 24 heavy (non-hydrogen) atoms. The molecule has 1 aliphatic carbocycles. The van der Waals surface area contributed by atoms with E-state index in [4.69, 9.17) is 5.73 Å². The summed E-state index contributed by atoms with van der Waals surface area (Å²) in [5.74, 6) is -3.43. The van der Waals surface area contributed by atoms with Crippen LogP contribution in [-0.2, 0) is 14.8 Å². The molecule has 0 aromatic heterocycles. The third-order valence-corrected chi connectivity index (χ3v) is 6.44. The minimum absolute atomic E-state index is 0.